The van der Waals surface area contributed by atoms with Gasteiger partial charge in [-0.25, -0.2) is 9.97 Å². The number of anilines is 3. The van der Waals surface area contributed by atoms with Gasteiger partial charge in [-0.1, -0.05) is 23.7 Å². The molecule has 0 bridgehead atoms. The number of benzene rings is 2. The number of hydrogen-bond donors (Lipinski definition) is 2. The summed E-state index contributed by atoms with van der Waals surface area (Å²) in [4.78, 5) is 20.9. The predicted molar refractivity (Wildman–Crippen MR) is 107 cm³/mol. The van der Waals surface area contributed by atoms with E-state index in [0.717, 1.165) is 11.3 Å². The quantitative estimate of drug-likeness (QED) is 0.638. The van der Waals surface area contributed by atoms with Gasteiger partial charge in [0, 0.05) is 10.7 Å². The second-order valence-electron chi connectivity index (χ2n) is 5.75. The standard InChI is InChI=1S/C20H19ClN4O2/c1-3-27-18-7-5-4-6-16(18)25-20(26)17-11-23-19(12-22-17)24-15-9-8-14(21)10-13(15)2/h4-12H,3H2,1-2H3,(H,23,24)(H,25,26). The number of carbonyl (C=O) groups is 1. The van der Waals surface area contributed by atoms with Crippen LogP contribution in [0.1, 0.15) is 23.0 Å². The van der Waals surface area contributed by atoms with Crippen molar-refractivity contribution >= 4 is 34.7 Å². The molecule has 3 rings (SSSR count). The number of aromatic nitrogens is 2. The molecule has 2 N–H and O–H groups in total. The van der Waals surface area contributed by atoms with E-state index in [1.807, 2.05) is 38.1 Å². The molecule has 1 heterocycles. The fourth-order valence-corrected chi connectivity index (χ4v) is 2.68. The highest BCUT2D eigenvalue weighted by molar-refractivity contribution is 6.30. The van der Waals surface area contributed by atoms with Crippen LogP contribution in [0.3, 0.4) is 0 Å². The number of nitrogens with one attached hydrogen (secondary N) is 2. The molecule has 0 radical (unpaired) electrons. The van der Waals surface area contributed by atoms with E-state index in [0.29, 0.717) is 28.9 Å². The molecule has 3 aromatic rings. The first kappa shape index (κ1) is 18.7. The van der Waals surface area contributed by atoms with Crippen molar-refractivity contribution in [3.63, 3.8) is 0 Å². The van der Waals surface area contributed by atoms with Gasteiger partial charge in [-0.3, -0.25) is 4.79 Å². The molecular weight excluding hydrogens is 364 g/mol. The van der Waals surface area contributed by atoms with Crippen molar-refractivity contribution in [3.05, 3.63) is 71.1 Å². The van der Waals surface area contributed by atoms with E-state index < -0.39 is 0 Å². The highest BCUT2D eigenvalue weighted by atomic mass is 35.5. The molecule has 1 aromatic heterocycles. The van der Waals surface area contributed by atoms with E-state index in [9.17, 15) is 4.79 Å². The number of hydrogen-bond acceptors (Lipinski definition) is 5. The maximum atomic E-state index is 12.4. The SMILES string of the molecule is CCOc1ccccc1NC(=O)c1cnc(Nc2ccc(Cl)cc2C)cn1. The topological polar surface area (TPSA) is 76.1 Å². The molecule has 0 atom stereocenters. The lowest BCUT2D eigenvalue weighted by molar-refractivity contribution is 0.102. The molecular formula is C20H19ClN4O2. The molecule has 138 valence electrons. The van der Waals surface area contributed by atoms with Crippen LogP contribution in [0.5, 0.6) is 5.75 Å². The second-order valence-corrected chi connectivity index (χ2v) is 6.19. The van der Waals surface area contributed by atoms with E-state index in [1.165, 1.54) is 12.4 Å². The van der Waals surface area contributed by atoms with Crippen molar-refractivity contribution in [2.75, 3.05) is 17.2 Å². The molecule has 0 unspecified atom stereocenters. The Labute approximate surface area is 162 Å². The molecule has 2 aromatic carbocycles. The van der Waals surface area contributed by atoms with E-state index >= 15 is 0 Å². The van der Waals surface area contributed by atoms with E-state index in [-0.39, 0.29) is 11.6 Å². The maximum Gasteiger partial charge on any atom is 0.275 e. The Morgan fingerprint density at radius 1 is 1.11 bits per heavy atom. The summed E-state index contributed by atoms with van der Waals surface area (Å²) in [6.07, 6.45) is 2.93. The summed E-state index contributed by atoms with van der Waals surface area (Å²) in [6.45, 7) is 4.34. The fraction of sp³-hybridized carbons (Fsp3) is 0.150. The highest BCUT2D eigenvalue weighted by Crippen LogP contribution is 2.25. The predicted octanol–water partition coefficient (Wildman–Crippen LogP) is 4.83. The second kappa shape index (κ2) is 8.51. The number of para-hydroxylation sites is 2. The van der Waals surface area contributed by atoms with Gasteiger partial charge in [-0.15, -0.1) is 0 Å². The molecule has 0 spiro atoms. The van der Waals surface area contributed by atoms with Gasteiger partial charge in [0.25, 0.3) is 5.91 Å². The molecule has 27 heavy (non-hydrogen) atoms. The Balaban J connectivity index is 1.70. The number of amides is 1. The summed E-state index contributed by atoms with van der Waals surface area (Å²) in [6, 6.07) is 12.8. The zero-order chi connectivity index (χ0) is 19.2. The third kappa shape index (κ3) is 4.74. The van der Waals surface area contributed by atoms with E-state index in [2.05, 4.69) is 20.6 Å². The molecule has 0 saturated carbocycles. The van der Waals surface area contributed by atoms with Gasteiger partial charge in [0.2, 0.25) is 0 Å². The fourth-order valence-electron chi connectivity index (χ4n) is 2.45. The summed E-state index contributed by atoms with van der Waals surface area (Å²) in [5.74, 6) is 0.786. The van der Waals surface area contributed by atoms with Crippen LogP contribution in [0.4, 0.5) is 17.2 Å². The molecule has 0 aliphatic heterocycles. The lowest BCUT2D eigenvalue weighted by Crippen LogP contribution is -2.15. The molecule has 7 heteroatoms. The van der Waals surface area contributed by atoms with Crippen LogP contribution in [0, 0.1) is 6.92 Å². The lowest BCUT2D eigenvalue weighted by atomic mass is 10.2. The molecule has 6 nitrogen and oxygen atoms in total. The molecule has 0 saturated heterocycles. The zero-order valence-corrected chi connectivity index (χ0v) is 15.7. The molecule has 0 aliphatic rings. The van der Waals surface area contributed by atoms with E-state index in [1.54, 1.807) is 18.2 Å². The van der Waals surface area contributed by atoms with Crippen LogP contribution < -0.4 is 15.4 Å². The minimum absolute atomic E-state index is 0.208. The number of carbonyl (C=O) groups excluding carboxylic acids is 1. The number of halogens is 1. The van der Waals surface area contributed by atoms with Crippen molar-refractivity contribution < 1.29 is 9.53 Å². The minimum Gasteiger partial charge on any atom is -0.492 e. The van der Waals surface area contributed by atoms with Crippen molar-refractivity contribution in [1.82, 2.24) is 9.97 Å². The lowest BCUT2D eigenvalue weighted by Gasteiger charge is -2.11. The Bertz CT molecular complexity index is 945. The largest absolute Gasteiger partial charge is 0.492 e. The first-order chi connectivity index (χ1) is 13.1. The smallest absolute Gasteiger partial charge is 0.275 e. The van der Waals surface area contributed by atoms with Crippen LogP contribution in [0.15, 0.2) is 54.9 Å². The average Bonchev–Trinajstić information content (AvgIpc) is 2.66. The van der Waals surface area contributed by atoms with Gasteiger partial charge in [0.1, 0.15) is 17.3 Å². The van der Waals surface area contributed by atoms with Gasteiger partial charge in [0.05, 0.1) is 24.7 Å². The molecule has 1 amide bonds. The van der Waals surface area contributed by atoms with Crippen LogP contribution in [0.2, 0.25) is 5.02 Å². The van der Waals surface area contributed by atoms with Crippen LogP contribution in [0.25, 0.3) is 0 Å². The van der Waals surface area contributed by atoms with Gasteiger partial charge in [-0.05, 0) is 49.7 Å². The summed E-state index contributed by atoms with van der Waals surface area (Å²) in [5.41, 5.74) is 2.65. The maximum absolute atomic E-state index is 12.4. The van der Waals surface area contributed by atoms with Crippen molar-refractivity contribution in [2.24, 2.45) is 0 Å². The van der Waals surface area contributed by atoms with Gasteiger partial charge in [0.15, 0.2) is 0 Å². The first-order valence-corrected chi connectivity index (χ1v) is 8.83. The summed E-state index contributed by atoms with van der Waals surface area (Å²) < 4.78 is 5.51. The Morgan fingerprint density at radius 3 is 2.63 bits per heavy atom. The average molecular weight is 383 g/mol. The minimum atomic E-state index is -0.358. The third-order valence-electron chi connectivity index (χ3n) is 3.77. The van der Waals surface area contributed by atoms with E-state index in [4.69, 9.17) is 16.3 Å². The van der Waals surface area contributed by atoms with Crippen molar-refractivity contribution in [1.29, 1.82) is 0 Å². The Hall–Kier alpha value is -3.12. The monoisotopic (exact) mass is 382 g/mol. The number of nitrogens with zero attached hydrogens (tertiary/aromatic N) is 2. The first-order valence-electron chi connectivity index (χ1n) is 8.45. The summed E-state index contributed by atoms with van der Waals surface area (Å²) in [7, 11) is 0. The summed E-state index contributed by atoms with van der Waals surface area (Å²) in [5, 5.41) is 6.62. The van der Waals surface area contributed by atoms with Gasteiger partial charge >= 0.3 is 0 Å². The number of ether oxygens (including phenoxy) is 1. The number of aryl methyl sites for hydroxylation is 1. The summed E-state index contributed by atoms with van der Waals surface area (Å²) >= 11 is 5.96. The van der Waals surface area contributed by atoms with Gasteiger partial charge in [-0.2, -0.15) is 0 Å². The number of rotatable bonds is 6. The molecule has 0 fully saturated rings. The van der Waals surface area contributed by atoms with Crippen LogP contribution in [-0.2, 0) is 0 Å². The van der Waals surface area contributed by atoms with Crippen LogP contribution in [-0.4, -0.2) is 22.5 Å². The van der Waals surface area contributed by atoms with Crippen molar-refractivity contribution in [3.8, 4) is 5.75 Å². The van der Waals surface area contributed by atoms with Crippen molar-refractivity contribution in [2.45, 2.75) is 13.8 Å². The van der Waals surface area contributed by atoms with Gasteiger partial charge < -0.3 is 15.4 Å². The normalized spacial score (nSPS) is 10.3. The Morgan fingerprint density at radius 2 is 1.93 bits per heavy atom. The van der Waals surface area contributed by atoms with Crippen LogP contribution >= 0.6 is 11.6 Å². The zero-order valence-electron chi connectivity index (χ0n) is 15.0. The Kier molecular flexibility index (Phi) is 5.88. The third-order valence-corrected chi connectivity index (χ3v) is 4.01. The highest BCUT2D eigenvalue weighted by Gasteiger charge is 2.12. The molecule has 0 aliphatic carbocycles.